The molecule has 2 rings (SSSR count). The van der Waals surface area contributed by atoms with Gasteiger partial charge in [0.15, 0.2) is 0 Å². The maximum atomic E-state index is 12.3. The molecule has 98 valence electrons. The molecule has 3 N–H and O–H groups in total. The average Bonchev–Trinajstić information content (AvgIpc) is 2.39. The van der Waals surface area contributed by atoms with Gasteiger partial charge in [-0.05, 0) is 30.7 Å². The molecule has 1 unspecified atom stereocenters. The molecule has 0 aliphatic rings. The van der Waals surface area contributed by atoms with E-state index in [1.807, 2.05) is 30.3 Å². The van der Waals surface area contributed by atoms with E-state index in [9.17, 15) is 4.79 Å². The first-order valence-electron chi connectivity index (χ1n) is 5.91. The molecule has 3 nitrogen and oxygen atoms in total. The van der Waals surface area contributed by atoms with E-state index in [1.54, 1.807) is 31.2 Å². The van der Waals surface area contributed by atoms with E-state index < -0.39 is 5.54 Å². The number of carbonyl (C=O) groups is 1. The number of nitrogens with two attached hydrogens (primary N) is 1. The molecule has 2 aromatic carbocycles. The number of rotatable bonds is 3. The smallest absolute Gasteiger partial charge is 0.248 e. The van der Waals surface area contributed by atoms with Crippen molar-refractivity contribution in [2.24, 2.45) is 5.73 Å². The number of amides is 1. The Balaban J connectivity index is 2.20. The summed E-state index contributed by atoms with van der Waals surface area (Å²) in [6.07, 6.45) is 0. The number of halogens is 1. The van der Waals surface area contributed by atoms with Gasteiger partial charge in [-0.1, -0.05) is 48.0 Å². The summed E-state index contributed by atoms with van der Waals surface area (Å²) < 4.78 is 0. The zero-order chi connectivity index (χ0) is 13.9. The molecule has 0 fully saturated rings. The average molecular weight is 275 g/mol. The van der Waals surface area contributed by atoms with E-state index in [0.29, 0.717) is 10.7 Å². The van der Waals surface area contributed by atoms with Gasteiger partial charge in [0.2, 0.25) is 5.91 Å². The van der Waals surface area contributed by atoms with Gasteiger partial charge in [0, 0.05) is 10.7 Å². The molecular weight excluding hydrogens is 260 g/mol. The van der Waals surface area contributed by atoms with Gasteiger partial charge in [0.05, 0.1) is 0 Å². The Bertz CT molecular complexity index is 582. The number of hydrogen-bond acceptors (Lipinski definition) is 2. The van der Waals surface area contributed by atoms with Crippen LogP contribution in [-0.4, -0.2) is 5.91 Å². The van der Waals surface area contributed by atoms with Gasteiger partial charge in [-0.25, -0.2) is 0 Å². The molecule has 0 bridgehead atoms. The molecule has 0 saturated heterocycles. The highest BCUT2D eigenvalue weighted by molar-refractivity contribution is 6.30. The van der Waals surface area contributed by atoms with Crippen molar-refractivity contribution in [2.45, 2.75) is 12.5 Å². The lowest BCUT2D eigenvalue weighted by Gasteiger charge is -2.24. The van der Waals surface area contributed by atoms with Crippen LogP contribution in [-0.2, 0) is 10.3 Å². The van der Waals surface area contributed by atoms with Crippen LogP contribution in [0.3, 0.4) is 0 Å². The molecule has 0 radical (unpaired) electrons. The topological polar surface area (TPSA) is 55.1 Å². The Morgan fingerprint density at radius 1 is 1.16 bits per heavy atom. The Kier molecular flexibility index (Phi) is 3.88. The van der Waals surface area contributed by atoms with Crippen LogP contribution in [0, 0.1) is 0 Å². The van der Waals surface area contributed by atoms with Gasteiger partial charge in [0.25, 0.3) is 0 Å². The molecule has 1 atom stereocenters. The number of anilines is 1. The van der Waals surface area contributed by atoms with Crippen LogP contribution in [0.1, 0.15) is 12.5 Å². The highest BCUT2D eigenvalue weighted by atomic mass is 35.5. The highest BCUT2D eigenvalue weighted by Gasteiger charge is 2.30. The van der Waals surface area contributed by atoms with E-state index in [4.69, 9.17) is 17.3 Å². The molecule has 0 spiro atoms. The minimum absolute atomic E-state index is 0.277. The van der Waals surface area contributed by atoms with Gasteiger partial charge >= 0.3 is 0 Å². The summed E-state index contributed by atoms with van der Waals surface area (Å²) in [6, 6.07) is 16.2. The number of hydrogen-bond donors (Lipinski definition) is 2. The van der Waals surface area contributed by atoms with E-state index in [0.717, 1.165) is 5.56 Å². The van der Waals surface area contributed by atoms with Crippen LogP contribution in [0.4, 0.5) is 5.69 Å². The zero-order valence-corrected chi connectivity index (χ0v) is 11.3. The highest BCUT2D eigenvalue weighted by Crippen LogP contribution is 2.21. The number of benzene rings is 2. The van der Waals surface area contributed by atoms with Crippen molar-refractivity contribution in [1.82, 2.24) is 0 Å². The lowest BCUT2D eigenvalue weighted by molar-refractivity contribution is -0.120. The van der Waals surface area contributed by atoms with Crippen molar-refractivity contribution < 1.29 is 4.79 Å². The predicted molar refractivity (Wildman–Crippen MR) is 78.1 cm³/mol. The Morgan fingerprint density at radius 2 is 1.84 bits per heavy atom. The minimum Gasteiger partial charge on any atom is -0.324 e. The van der Waals surface area contributed by atoms with Gasteiger partial charge in [0.1, 0.15) is 5.54 Å². The lowest BCUT2D eigenvalue weighted by atomic mass is 9.92. The van der Waals surface area contributed by atoms with E-state index >= 15 is 0 Å². The van der Waals surface area contributed by atoms with Gasteiger partial charge in [-0.15, -0.1) is 0 Å². The van der Waals surface area contributed by atoms with Crippen LogP contribution >= 0.6 is 11.6 Å². The molecule has 0 saturated carbocycles. The third-order valence-electron chi connectivity index (χ3n) is 2.93. The van der Waals surface area contributed by atoms with Crippen molar-refractivity contribution in [1.29, 1.82) is 0 Å². The SMILES string of the molecule is CC(N)(C(=O)Nc1cccc(Cl)c1)c1ccccc1. The Morgan fingerprint density at radius 3 is 2.47 bits per heavy atom. The van der Waals surface area contributed by atoms with Gasteiger partial charge in [-0.2, -0.15) is 0 Å². The third kappa shape index (κ3) is 3.13. The van der Waals surface area contributed by atoms with Crippen molar-refractivity contribution in [3.63, 3.8) is 0 Å². The van der Waals surface area contributed by atoms with Crippen molar-refractivity contribution in [3.05, 3.63) is 65.2 Å². The normalized spacial score (nSPS) is 13.6. The first kappa shape index (κ1) is 13.6. The summed E-state index contributed by atoms with van der Waals surface area (Å²) in [4.78, 5) is 12.3. The Labute approximate surface area is 117 Å². The molecule has 0 aromatic heterocycles. The minimum atomic E-state index is -1.09. The fraction of sp³-hybridized carbons (Fsp3) is 0.133. The molecule has 1 amide bonds. The quantitative estimate of drug-likeness (QED) is 0.903. The second-order valence-electron chi connectivity index (χ2n) is 4.53. The van der Waals surface area contributed by atoms with E-state index in [2.05, 4.69) is 5.32 Å². The van der Waals surface area contributed by atoms with Crippen LogP contribution in [0.15, 0.2) is 54.6 Å². The van der Waals surface area contributed by atoms with Gasteiger partial charge in [-0.3, -0.25) is 4.79 Å². The van der Waals surface area contributed by atoms with Crippen molar-refractivity contribution in [3.8, 4) is 0 Å². The molecular formula is C15H15ClN2O. The summed E-state index contributed by atoms with van der Waals surface area (Å²) in [5.74, 6) is -0.277. The molecule has 4 heteroatoms. The van der Waals surface area contributed by atoms with Crippen LogP contribution in [0.5, 0.6) is 0 Å². The second-order valence-corrected chi connectivity index (χ2v) is 4.97. The first-order valence-corrected chi connectivity index (χ1v) is 6.29. The van der Waals surface area contributed by atoms with Crippen LogP contribution in [0.25, 0.3) is 0 Å². The van der Waals surface area contributed by atoms with Crippen LogP contribution < -0.4 is 11.1 Å². The summed E-state index contributed by atoms with van der Waals surface area (Å²) in [7, 11) is 0. The predicted octanol–water partition coefficient (Wildman–Crippen LogP) is 3.15. The summed E-state index contributed by atoms with van der Waals surface area (Å²) in [5.41, 5.74) is 6.42. The van der Waals surface area contributed by atoms with Gasteiger partial charge < -0.3 is 11.1 Å². The van der Waals surface area contributed by atoms with E-state index in [-0.39, 0.29) is 5.91 Å². The summed E-state index contributed by atoms with van der Waals surface area (Å²) in [5, 5.41) is 3.34. The zero-order valence-electron chi connectivity index (χ0n) is 10.6. The molecule has 0 heterocycles. The largest absolute Gasteiger partial charge is 0.324 e. The monoisotopic (exact) mass is 274 g/mol. The molecule has 2 aromatic rings. The summed E-state index contributed by atoms with van der Waals surface area (Å²) >= 11 is 5.88. The van der Waals surface area contributed by atoms with Crippen molar-refractivity contribution >= 4 is 23.2 Å². The number of nitrogens with one attached hydrogen (secondary N) is 1. The molecule has 19 heavy (non-hydrogen) atoms. The third-order valence-corrected chi connectivity index (χ3v) is 3.16. The van der Waals surface area contributed by atoms with Crippen molar-refractivity contribution in [2.75, 3.05) is 5.32 Å². The Hall–Kier alpha value is -1.84. The number of carbonyl (C=O) groups excluding carboxylic acids is 1. The first-order chi connectivity index (χ1) is 9.00. The maximum absolute atomic E-state index is 12.3. The maximum Gasteiger partial charge on any atom is 0.248 e. The second kappa shape index (κ2) is 5.43. The van der Waals surface area contributed by atoms with Crippen LogP contribution in [0.2, 0.25) is 5.02 Å². The van der Waals surface area contributed by atoms with E-state index in [1.165, 1.54) is 0 Å². The molecule has 0 aliphatic heterocycles. The summed E-state index contributed by atoms with van der Waals surface area (Å²) in [6.45, 7) is 1.68. The fourth-order valence-corrected chi connectivity index (χ4v) is 1.93. The molecule has 0 aliphatic carbocycles. The lowest BCUT2D eigenvalue weighted by Crippen LogP contribution is -2.45. The fourth-order valence-electron chi connectivity index (χ4n) is 1.74. The standard InChI is InChI=1S/C15H15ClN2O/c1-15(17,11-6-3-2-4-7-11)14(19)18-13-9-5-8-12(16)10-13/h2-10H,17H2,1H3,(H,18,19).